The standard InChI is InChI=1S/C12H13BrN2O2/c1-14-8-11(16)15(12(14)17)7-6-9-4-2-3-5-10(9)13/h2-5,8,16H,6-7H2,1H3. The summed E-state index contributed by atoms with van der Waals surface area (Å²) in [6.45, 7) is 0.466. The van der Waals surface area contributed by atoms with Crippen LogP contribution in [0.4, 0.5) is 0 Å². The Hall–Kier alpha value is -1.49. The summed E-state index contributed by atoms with van der Waals surface area (Å²) in [6, 6.07) is 7.85. The molecule has 0 saturated carbocycles. The highest BCUT2D eigenvalue weighted by Gasteiger charge is 2.08. The lowest BCUT2D eigenvalue weighted by Crippen LogP contribution is -2.22. The average Bonchev–Trinajstić information content (AvgIpc) is 2.53. The van der Waals surface area contributed by atoms with Crippen LogP contribution in [-0.2, 0) is 20.0 Å². The van der Waals surface area contributed by atoms with Gasteiger partial charge in [0, 0.05) is 18.1 Å². The summed E-state index contributed by atoms with van der Waals surface area (Å²) in [6.07, 6.45) is 2.11. The molecule has 2 aromatic rings. The van der Waals surface area contributed by atoms with Crippen molar-refractivity contribution in [2.45, 2.75) is 13.0 Å². The largest absolute Gasteiger partial charge is 0.493 e. The molecule has 0 saturated heterocycles. The molecule has 0 fully saturated rings. The normalized spacial score (nSPS) is 10.7. The predicted molar refractivity (Wildman–Crippen MR) is 69.2 cm³/mol. The van der Waals surface area contributed by atoms with Crippen LogP contribution in [0.5, 0.6) is 5.88 Å². The van der Waals surface area contributed by atoms with E-state index in [1.807, 2.05) is 24.3 Å². The Balaban J connectivity index is 2.18. The second-order valence-electron chi connectivity index (χ2n) is 3.87. The molecular formula is C12H13BrN2O2. The SMILES string of the molecule is Cn1cc(O)n(CCc2ccccc2Br)c1=O. The van der Waals surface area contributed by atoms with Gasteiger partial charge in [-0.25, -0.2) is 4.79 Å². The second-order valence-corrected chi connectivity index (χ2v) is 4.73. The number of rotatable bonds is 3. The van der Waals surface area contributed by atoms with Crippen molar-refractivity contribution >= 4 is 15.9 Å². The number of aromatic hydroxyl groups is 1. The molecule has 0 atom stereocenters. The maximum atomic E-state index is 11.6. The monoisotopic (exact) mass is 296 g/mol. The molecule has 0 amide bonds. The van der Waals surface area contributed by atoms with Crippen molar-refractivity contribution in [1.82, 2.24) is 9.13 Å². The Morgan fingerprint density at radius 3 is 2.65 bits per heavy atom. The van der Waals surface area contributed by atoms with Crippen LogP contribution in [0.1, 0.15) is 5.56 Å². The summed E-state index contributed by atoms with van der Waals surface area (Å²) < 4.78 is 3.75. The predicted octanol–water partition coefficient (Wildman–Crippen LogP) is 1.90. The summed E-state index contributed by atoms with van der Waals surface area (Å²) in [5, 5.41) is 9.59. The van der Waals surface area contributed by atoms with Gasteiger partial charge in [0.2, 0.25) is 5.88 Å². The van der Waals surface area contributed by atoms with Crippen molar-refractivity contribution in [2.24, 2.45) is 7.05 Å². The van der Waals surface area contributed by atoms with Gasteiger partial charge in [-0.3, -0.25) is 9.13 Å². The third kappa shape index (κ3) is 2.44. The minimum absolute atomic E-state index is 0.00422. The summed E-state index contributed by atoms with van der Waals surface area (Å²) in [5.41, 5.74) is 0.914. The first kappa shape index (κ1) is 12.0. The van der Waals surface area contributed by atoms with Crippen LogP contribution in [0, 0.1) is 0 Å². The molecule has 0 aliphatic rings. The fourth-order valence-corrected chi connectivity index (χ4v) is 2.21. The summed E-state index contributed by atoms with van der Waals surface area (Å²) in [7, 11) is 1.62. The Morgan fingerprint density at radius 2 is 2.06 bits per heavy atom. The van der Waals surface area contributed by atoms with Crippen molar-refractivity contribution in [3.8, 4) is 5.88 Å². The maximum Gasteiger partial charge on any atom is 0.330 e. The lowest BCUT2D eigenvalue weighted by molar-refractivity contribution is 0.413. The molecule has 0 aliphatic carbocycles. The molecule has 1 N–H and O–H groups in total. The van der Waals surface area contributed by atoms with Gasteiger partial charge in [-0.2, -0.15) is 0 Å². The smallest absolute Gasteiger partial charge is 0.330 e. The number of aromatic nitrogens is 2. The summed E-state index contributed by atoms with van der Waals surface area (Å²) in [5.74, 6) is 0.00422. The molecule has 1 heterocycles. The molecule has 4 nitrogen and oxygen atoms in total. The highest BCUT2D eigenvalue weighted by molar-refractivity contribution is 9.10. The third-order valence-corrected chi connectivity index (χ3v) is 3.45. The lowest BCUT2D eigenvalue weighted by Gasteiger charge is -2.05. The number of nitrogens with zero attached hydrogens (tertiary/aromatic N) is 2. The zero-order valence-corrected chi connectivity index (χ0v) is 11.0. The molecule has 1 aromatic heterocycles. The van der Waals surface area contributed by atoms with E-state index in [0.29, 0.717) is 13.0 Å². The fraction of sp³-hybridized carbons (Fsp3) is 0.250. The number of halogens is 1. The van der Waals surface area contributed by atoms with Crippen LogP contribution >= 0.6 is 15.9 Å². The molecule has 0 aliphatic heterocycles. The molecule has 0 unspecified atom stereocenters. The zero-order valence-electron chi connectivity index (χ0n) is 9.43. The molecule has 0 bridgehead atoms. The van der Waals surface area contributed by atoms with E-state index in [4.69, 9.17) is 0 Å². The van der Waals surface area contributed by atoms with Crippen LogP contribution in [-0.4, -0.2) is 14.2 Å². The Bertz CT molecular complexity index is 586. The Labute approximate surface area is 107 Å². The van der Waals surface area contributed by atoms with E-state index >= 15 is 0 Å². The van der Waals surface area contributed by atoms with Crippen molar-refractivity contribution in [1.29, 1.82) is 0 Å². The topological polar surface area (TPSA) is 47.2 Å². The van der Waals surface area contributed by atoms with E-state index in [0.717, 1.165) is 10.0 Å². The van der Waals surface area contributed by atoms with Gasteiger partial charge in [0.1, 0.15) is 0 Å². The number of aryl methyl sites for hydroxylation is 2. The zero-order chi connectivity index (χ0) is 12.4. The van der Waals surface area contributed by atoms with Crippen molar-refractivity contribution in [2.75, 3.05) is 0 Å². The van der Waals surface area contributed by atoms with E-state index in [1.165, 1.54) is 15.3 Å². The van der Waals surface area contributed by atoms with Gasteiger partial charge in [-0.05, 0) is 18.1 Å². The van der Waals surface area contributed by atoms with E-state index < -0.39 is 0 Å². The summed E-state index contributed by atoms with van der Waals surface area (Å²) >= 11 is 3.46. The number of hydrogen-bond acceptors (Lipinski definition) is 2. The van der Waals surface area contributed by atoms with Crippen molar-refractivity contribution < 1.29 is 5.11 Å². The van der Waals surface area contributed by atoms with Crippen LogP contribution in [0.25, 0.3) is 0 Å². The van der Waals surface area contributed by atoms with Crippen LogP contribution in [0.2, 0.25) is 0 Å². The van der Waals surface area contributed by atoms with Gasteiger partial charge in [-0.1, -0.05) is 34.1 Å². The molecule has 90 valence electrons. The first-order valence-electron chi connectivity index (χ1n) is 5.28. The van der Waals surface area contributed by atoms with Crippen LogP contribution in [0.15, 0.2) is 39.7 Å². The molecule has 5 heteroatoms. The highest BCUT2D eigenvalue weighted by atomic mass is 79.9. The molecule has 2 rings (SSSR count). The third-order valence-electron chi connectivity index (χ3n) is 2.68. The number of hydrogen-bond donors (Lipinski definition) is 1. The van der Waals surface area contributed by atoms with Crippen molar-refractivity contribution in [3.05, 3.63) is 51.0 Å². The minimum Gasteiger partial charge on any atom is -0.493 e. The number of imidazole rings is 1. The molecule has 0 radical (unpaired) electrons. The lowest BCUT2D eigenvalue weighted by atomic mass is 10.1. The Morgan fingerprint density at radius 1 is 1.35 bits per heavy atom. The van der Waals surface area contributed by atoms with Gasteiger partial charge in [0.25, 0.3) is 0 Å². The maximum absolute atomic E-state index is 11.6. The van der Waals surface area contributed by atoms with Gasteiger partial charge in [0.05, 0.1) is 6.20 Å². The molecule has 1 aromatic carbocycles. The second kappa shape index (κ2) is 4.79. The van der Waals surface area contributed by atoms with Crippen LogP contribution in [0.3, 0.4) is 0 Å². The molecule has 17 heavy (non-hydrogen) atoms. The Kier molecular flexibility index (Phi) is 3.38. The van der Waals surface area contributed by atoms with Gasteiger partial charge in [-0.15, -0.1) is 0 Å². The van der Waals surface area contributed by atoms with E-state index in [-0.39, 0.29) is 11.6 Å². The van der Waals surface area contributed by atoms with E-state index in [1.54, 1.807) is 7.05 Å². The van der Waals surface area contributed by atoms with Gasteiger partial charge < -0.3 is 5.11 Å². The van der Waals surface area contributed by atoms with Gasteiger partial charge in [0.15, 0.2) is 0 Å². The first-order chi connectivity index (χ1) is 8.09. The fourth-order valence-electron chi connectivity index (χ4n) is 1.73. The van der Waals surface area contributed by atoms with E-state index in [9.17, 15) is 9.90 Å². The number of benzene rings is 1. The average molecular weight is 297 g/mol. The quantitative estimate of drug-likeness (QED) is 0.940. The van der Waals surface area contributed by atoms with Gasteiger partial charge >= 0.3 is 5.69 Å². The summed E-state index contributed by atoms with van der Waals surface area (Å²) in [4.78, 5) is 11.6. The first-order valence-corrected chi connectivity index (χ1v) is 6.07. The van der Waals surface area contributed by atoms with E-state index in [2.05, 4.69) is 15.9 Å². The van der Waals surface area contributed by atoms with Crippen LogP contribution < -0.4 is 5.69 Å². The molecule has 0 spiro atoms. The highest BCUT2D eigenvalue weighted by Crippen LogP contribution is 2.17. The van der Waals surface area contributed by atoms with Crippen molar-refractivity contribution in [3.63, 3.8) is 0 Å². The molecular weight excluding hydrogens is 284 g/mol. The minimum atomic E-state index is -0.199.